The molecule has 0 atom stereocenters. The van der Waals surface area contributed by atoms with Gasteiger partial charge in [-0.15, -0.1) is 0 Å². The predicted octanol–water partition coefficient (Wildman–Crippen LogP) is 8.88. The Labute approximate surface area is 202 Å². The van der Waals surface area contributed by atoms with E-state index in [1.807, 2.05) is 29.8 Å². The fourth-order valence-electron chi connectivity index (χ4n) is 3.17. The van der Waals surface area contributed by atoms with Crippen molar-refractivity contribution in [2.75, 3.05) is 0 Å². The SMILES string of the molecule is Cn1c(Sc2ccc(Cl)c(Cl)c2)nc(-c2ccc(Cl)cc2)c1-c1ccc(C(F)(F)F)cc1. The van der Waals surface area contributed by atoms with Gasteiger partial charge in [-0.1, -0.05) is 70.8 Å². The van der Waals surface area contributed by atoms with E-state index in [1.165, 1.54) is 23.9 Å². The summed E-state index contributed by atoms with van der Waals surface area (Å²) in [5.74, 6) is 0. The van der Waals surface area contributed by atoms with Gasteiger partial charge in [0, 0.05) is 28.1 Å². The second kappa shape index (κ2) is 9.02. The van der Waals surface area contributed by atoms with Crippen LogP contribution in [-0.4, -0.2) is 9.55 Å². The molecule has 0 radical (unpaired) electrons. The summed E-state index contributed by atoms with van der Waals surface area (Å²) in [7, 11) is 1.82. The van der Waals surface area contributed by atoms with Gasteiger partial charge in [0.15, 0.2) is 5.16 Å². The van der Waals surface area contributed by atoms with Gasteiger partial charge in [0.05, 0.1) is 27.0 Å². The molecule has 32 heavy (non-hydrogen) atoms. The van der Waals surface area contributed by atoms with E-state index in [9.17, 15) is 13.2 Å². The molecule has 1 aromatic heterocycles. The van der Waals surface area contributed by atoms with Gasteiger partial charge in [0.2, 0.25) is 0 Å². The summed E-state index contributed by atoms with van der Waals surface area (Å²) in [6.07, 6.45) is -4.40. The summed E-state index contributed by atoms with van der Waals surface area (Å²) in [6.45, 7) is 0. The lowest BCUT2D eigenvalue weighted by atomic mass is 10.0. The minimum absolute atomic E-state index is 0.423. The topological polar surface area (TPSA) is 17.8 Å². The van der Waals surface area contributed by atoms with Crippen molar-refractivity contribution in [2.24, 2.45) is 7.05 Å². The molecule has 3 aromatic carbocycles. The van der Waals surface area contributed by atoms with Crippen LogP contribution in [0.15, 0.2) is 76.8 Å². The Hall–Kier alpha value is -2.12. The first-order valence-corrected chi connectivity index (χ1v) is 11.2. The first-order valence-electron chi connectivity index (χ1n) is 9.26. The Morgan fingerprint density at radius 2 is 1.44 bits per heavy atom. The number of imidazole rings is 1. The first-order chi connectivity index (χ1) is 15.1. The molecule has 0 saturated heterocycles. The molecule has 0 saturated carbocycles. The van der Waals surface area contributed by atoms with Gasteiger partial charge in [-0.3, -0.25) is 0 Å². The van der Waals surface area contributed by atoms with Crippen molar-refractivity contribution in [3.8, 4) is 22.5 Å². The summed E-state index contributed by atoms with van der Waals surface area (Å²) in [6, 6.07) is 17.4. The third-order valence-corrected chi connectivity index (χ3v) is 6.79. The number of aromatic nitrogens is 2. The molecular formula is C23H14Cl3F3N2S. The van der Waals surface area contributed by atoms with E-state index >= 15 is 0 Å². The summed E-state index contributed by atoms with van der Waals surface area (Å²) in [5, 5.41) is 2.09. The fraction of sp³-hybridized carbons (Fsp3) is 0.0870. The third-order valence-electron chi connectivity index (χ3n) is 4.76. The first kappa shape index (κ1) is 23.1. The largest absolute Gasteiger partial charge is 0.416 e. The number of rotatable bonds is 4. The van der Waals surface area contributed by atoms with E-state index in [2.05, 4.69) is 0 Å². The highest BCUT2D eigenvalue weighted by Crippen LogP contribution is 2.39. The zero-order valence-corrected chi connectivity index (χ0v) is 19.5. The molecule has 0 unspecified atom stereocenters. The molecule has 2 nitrogen and oxygen atoms in total. The molecule has 0 fully saturated rings. The summed E-state index contributed by atoms with van der Waals surface area (Å²) >= 11 is 19.5. The molecule has 0 amide bonds. The van der Waals surface area contributed by atoms with Crippen molar-refractivity contribution in [3.05, 3.63) is 87.4 Å². The fourth-order valence-corrected chi connectivity index (χ4v) is 4.55. The van der Waals surface area contributed by atoms with E-state index < -0.39 is 11.7 Å². The van der Waals surface area contributed by atoms with E-state index in [4.69, 9.17) is 39.8 Å². The number of benzene rings is 3. The Balaban J connectivity index is 1.83. The highest BCUT2D eigenvalue weighted by Gasteiger charge is 2.30. The van der Waals surface area contributed by atoms with Crippen LogP contribution in [0.3, 0.4) is 0 Å². The molecule has 0 bridgehead atoms. The van der Waals surface area contributed by atoms with Crippen LogP contribution in [0.1, 0.15) is 5.56 Å². The number of nitrogens with zero attached hydrogens (tertiary/aromatic N) is 2. The molecule has 0 aliphatic carbocycles. The van der Waals surface area contributed by atoms with Gasteiger partial charge >= 0.3 is 6.18 Å². The molecule has 0 aliphatic heterocycles. The Kier molecular flexibility index (Phi) is 6.50. The zero-order chi connectivity index (χ0) is 23.0. The van der Waals surface area contributed by atoms with Gasteiger partial charge < -0.3 is 4.57 Å². The molecule has 9 heteroatoms. The van der Waals surface area contributed by atoms with Crippen LogP contribution in [0.5, 0.6) is 0 Å². The lowest BCUT2D eigenvalue weighted by Crippen LogP contribution is -2.04. The van der Waals surface area contributed by atoms with Crippen LogP contribution in [0.2, 0.25) is 15.1 Å². The van der Waals surface area contributed by atoms with Crippen LogP contribution in [-0.2, 0) is 13.2 Å². The van der Waals surface area contributed by atoms with Crippen molar-refractivity contribution in [2.45, 2.75) is 16.2 Å². The zero-order valence-electron chi connectivity index (χ0n) is 16.4. The maximum atomic E-state index is 13.0. The van der Waals surface area contributed by atoms with Gasteiger partial charge in [0.1, 0.15) is 0 Å². The average Bonchev–Trinajstić information content (AvgIpc) is 3.07. The third kappa shape index (κ3) is 4.79. The Bertz CT molecular complexity index is 1270. The van der Waals surface area contributed by atoms with Gasteiger partial charge in [0.25, 0.3) is 0 Å². The molecule has 0 spiro atoms. The van der Waals surface area contributed by atoms with Crippen LogP contribution in [0.4, 0.5) is 13.2 Å². The number of hydrogen-bond acceptors (Lipinski definition) is 2. The van der Waals surface area contributed by atoms with Crippen LogP contribution in [0, 0.1) is 0 Å². The number of alkyl halides is 3. The normalized spacial score (nSPS) is 11.7. The predicted molar refractivity (Wildman–Crippen MR) is 125 cm³/mol. The molecule has 0 N–H and O–H groups in total. The monoisotopic (exact) mass is 512 g/mol. The van der Waals surface area contributed by atoms with Crippen molar-refractivity contribution < 1.29 is 13.2 Å². The van der Waals surface area contributed by atoms with Crippen LogP contribution in [0.25, 0.3) is 22.5 Å². The highest BCUT2D eigenvalue weighted by atomic mass is 35.5. The van der Waals surface area contributed by atoms with E-state index in [0.29, 0.717) is 37.2 Å². The molecule has 0 aliphatic rings. The van der Waals surface area contributed by atoms with E-state index in [1.54, 1.807) is 24.3 Å². The van der Waals surface area contributed by atoms with Gasteiger partial charge in [-0.2, -0.15) is 13.2 Å². The summed E-state index contributed by atoms with van der Waals surface area (Å²) < 4.78 is 41.0. The highest BCUT2D eigenvalue weighted by molar-refractivity contribution is 7.99. The van der Waals surface area contributed by atoms with Crippen molar-refractivity contribution >= 4 is 46.6 Å². The molecule has 1 heterocycles. The molecule has 164 valence electrons. The minimum Gasteiger partial charge on any atom is -0.321 e. The van der Waals surface area contributed by atoms with E-state index in [0.717, 1.165) is 22.6 Å². The maximum Gasteiger partial charge on any atom is 0.416 e. The molecule has 4 rings (SSSR count). The minimum atomic E-state index is -4.40. The lowest BCUT2D eigenvalue weighted by Gasteiger charge is -2.11. The average molecular weight is 514 g/mol. The van der Waals surface area contributed by atoms with E-state index in [-0.39, 0.29) is 0 Å². The summed E-state index contributed by atoms with van der Waals surface area (Å²) in [5.41, 5.74) is 2.01. The second-order valence-corrected chi connectivity index (χ2v) is 9.20. The standard InChI is InChI=1S/C23H14Cl3F3N2S/c1-31-21(14-2-6-15(7-3-14)23(27,28)29)20(13-4-8-16(24)9-5-13)30-22(31)32-17-10-11-18(25)19(26)12-17/h2-12H,1H3. The second-order valence-electron chi connectivity index (χ2n) is 6.91. The molecule has 4 aromatic rings. The van der Waals surface area contributed by atoms with Crippen molar-refractivity contribution in [3.63, 3.8) is 0 Å². The smallest absolute Gasteiger partial charge is 0.321 e. The van der Waals surface area contributed by atoms with Crippen molar-refractivity contribution in [1.29, 1.82) is 0 Å². The number of hydrogen-bond donors (Lipinski definition) is 0. The van der Waals surface area contributed by atoms with Gasteiger partial charge in [-0.25, -0.2) is 4.98 Å². The molecular weight excluding hydrogens is 500 g/mol. The quantitative estimate of drug-likeness (QED) is 0.271. The Morgan fingerprint density at radius 1 is 0.812 bits per heavy atom. The van der Waals surface area contributed by atoms with Crippen LogP contribution >= 0.6 is 46.6 Å². The lowest BCUT2D eigenvalue weighted by molar-refractivity contribution is -0.137. The summed E-state index contributed by atoms with van der Waals surface area (Å²) in [4.78, 5) is 5.62. The maximum absolute atomic E-state index is 13.0. The van der Waals surface area contributed by atoms with Gasteiger partial charge in [-0.05, 0) is 42.5 Å². The number of halogens is 6. The van der Waals surface area contributed by atoms with Crippen molar-refractivity contribution in [1.82, 2.24) is 9.55 Å². The Morgan fingerprint density at radius 3 is 2.03 bits per heavy atom. The van der Waals surface area contributed by atoms with Crippen LogP contribution < -0.4 is 0 Å².